The molecular weight excluding hydrogens is 230 g/mol. The number of nitrogens with one attached hydrogen (secondary N) is 1. The molecule has 3 unspecified atom stereocenters. The second-order valence-electron chi connectivity index (χ2n) is 5.64. The predicted molar refractivity (Wildman–Crippen MR) is 76.7 cm³/mol. The fourth-order valence-electron chi connectivity index (χ4n) is 2.46. The van der Waals surface area contributed by atoms with Crippen LogP contribution in [0.4, 0.5) is 0 Å². The first-order valence-corrected chi connectivity index (χ1v) is 7.76. The highest BCUT2D eigenvalue weighted by Gasteiger charge is 2.21. The van der Waals surface area contributed by atoms with E-state index in [1.165, 1.54) is 36.9 Å². The second kappa shape index (κ2) is 6.10. The molecule has 0 spiro atoms. The van der Waals surface area contributed by atoms with E-state index in [-0.39, 0.29) is 0 Å². The normalized spacial score (nSPS) is 38.1. The summed E-state index contributed by atoms with van der Waals surface area (Å²) in [6.45, 7) is 8.04. The smallest absolute Gasteiger partial charge is 0.156 e. The lowest BCUT2D eigenvalue weighted by Crippen LogP contribution is -2.42. The topological polar surface area (TPSA) is 27.6 Å². The molecule has 2 saturated heterocycles. The Labute approximate surface area is 109 Å². The van der Waals surface area contributed by atoms with Gasteiger partial charge < -0.3 is 10.2 Å². The molecule has 17 heavy (non-hydrogen) atoms. The van der Waals surface area contributed by atoms with Crippen molar-refractivity contribution in [2.75, 3.05) is 32.4 Å². The summed E-state index contributed by atoms with van der Waals surface area (Å²) < 4.78 is 0. The maximum Gasteiger partial charge on any atom is 0.156 e. The summed E-state index contributed by atoms with van der Waals surface area (Å²) in [7, 11) is 2.22. The molecule has 2 aliphatic rings. The molecule has 0 bridgehead atoms. The Morgan fingerprint density at radius 2 is 2.29 bits per heavy atom. The van der Waals surface area contributed by atoms with Crippen molar-refractivity contribution in [1.82, 2.24) is 10.2 Å². The zero-order valence-electron chi connectivity index (χ0n) is 11.3. The first-order chi connectivity index (χ1) is 8.15. The third-order valence-electron chi connectivity index (χ3n) is 3.90. The molecule has 3 nitrogen and oxygen atoms in total. The van der Waals surface area contributed by atoms with Gasteiger partial charge in [0.15, 0.2) is 5.17 Å². The van der Waals surface area contributed by atoms with Gasteiger partial charge in [0.05, 0.1) is 0 Å². The highest BCUT2D eigenvalue weighted by molar-refractivity contribution is 8.13. The monoisotopic (exact) mass is 255 g/mol. The summed E-state index contributed by atoms with van der Waals surface area (Å²) in [6.07, 6.45) is 2.68. The highest BCUT2D eigenvalue weighted by Crippen LogP contribution is 2.20. The van der Waals surface area contributed by atoms with Crippen LogP contribution < -0.4 is 5.32 Å². The lowest BCUT2D eigenvalue weighted by atomic mass is 9.99. The Bertz CT molecular complexity index is 280. The molecule has 4 heteroatoms. The fraction of sp³-hybridized carbons (Fsp3) is 0.923. The first kappa shape index (κ1) is 13.2. The lowest BCUT2D eigenvalue weighted by Gasteiger charge is -2.30. The van der Waals surface area contributed by atoms with Crippen LogP contribution in [-0.4, -0.2) is 48.5 Å². The minimum Gasteiger partial charge on any atom is -0.362 e. The molecule has 0 aromatic rings. The summed E-state index contributed by atoms with van der Waals surface area (Å²) in [4.78, 5) is 7.20. The Morgan fingerprint density at radius 1 is 1.47 bits per heavy atom. The maximum atomic E-state index is 4.77. The van der Waals surface area contributed by atoms with Crippen molar-refractivity contribution >= 4 is 16.9 Å². The van der Waals surface area contributed by atoms with Crippen molar-refractivity contribution in [3.05, 3.63) is 0 Å². The number of nitrogens with zero attached hydrogens (tertiary/aromatic N) is 2. The van der Waals surface area contributed by atoms with Crippen molar-refractivity contribution in [2.45, 2.75) is 32.7 Å². The van der Waals surface area contributed by atoms with Gasteiger partial charge in [-0.15, -0.1) is 0 Å². The molecule has 1 N–H and O–H groups in total. The molecule has 0 amide bonds. The summed E-state index contributed by atoms with van der Waals surface area (Å²) in [5.74, 6) is 2.72. The van der Waals surface area contributed by atoms with Gasteiger partial charge in [0.2, 0.25) is 0 Å². The van der Waals surface area contributed by atoms with Crippen LogP contribution in [0.2, 0.25) is 0 Å². The summed E-state index contributed by atoms with van der Waals surface area (Å²) in [6, 6.07) is 0.573. The van der Waals surface area contributed by atoms with Crippen molar-refractivity contribution in [3.8, 4) is 0 Å². The Balaban J connectivity index is 1.80. The van der Waals surface area contributed by atoms with Gasteiger partial charge in [-0.2, -0.15) is 0 Å². The first-order valence-electron chi connectivity index (χ1n) is 6.77. The van der Waals surface area contributed by atoms with Gasteiger partial charge in [0, 0.05) is 24.9 Å². The van der Waals surface area contributed by atoms with Crippen LogP contribution in [0.1, 0.15) is 26.7 Å². The van der Waals surface area contributed by atoms with E-state index >= 15 is 0 Å². The number of aliphatic imine (C=N–C) groups is 1. The number of thioether (sulfide) groups is 1. The highest BCUT2D eigenvalue weighted by atomic mass is 32.2. The molecule has 2 aliphatic heterocycles. The number of rotatable bonds is 2. The number of piperidine rings is 1. The third kappa shape index (κ3) is 3.88. The zero-order valence-corrected chi connectivity index (χ0v) is 12.1. The van der Waals surface area contributed by atoms with Crippen molar-refractivity contribution in [3.63, 3.8) is 0 Å². The number of hydrogen-bond acceptors (Lipinski definition) is 3. The lowest BCUT2D eigenvalue weighted by molar-refractivity contribution is 0.214. The van der Waals surface area contributed by atoms with E-state index in [1.54, 1.807) is 0 Å². The van der Waals surface area contributed by atoms with Crippen LogP contribution in [-0.2, 0) is 0 Å². The Hall–Kier alpha value is -0.220. The van der Waals surface area contributed by atoms with Crippen molar-refractivity contribution in [1.29, 1.82) is 0 Å². The number of likely N-dealkylation sites (tertiary alicyclic amines) is 1. The van der Waals surface area contributed by atoms with Crippen LogP contribution in [0.15, 0.2) is 4.99 Å². The number of amidine groups is 1. The summed E-state index contributed by atoms with van der Waals surface area (Å²) in [5.41, 5.74) is 0. The second-order valence-corrected chi connectivity index (χ2v) is 6.65. The van der Waals surface area contributed by atoms with Gasteiger partial charge in [-0.05, 0) is 45.2 Å². The van der Waals surface area contributed by atoms with Gasteiger partial charge in [0.1, 0.15) is 0 Å². The van der Waals surface area contributed by atoms with E-state index < -0.39 is 0 Å². The van der Waals surface area contributed by atoms with Gasteiger partial charge in [-0.3, -0.25) is 4.99 Å². The number of hydrogen-bond donors (Lipinski definition) is 1. The van der Waals surface area contributed by atoms with E-state index in [9.17, 15) is 0 Å². The third-order valence-corrected chi connectivity index (χ3v) is 5.12. The van der Waals surface area contributed by atoms with E-state index in [1.807, 2.05) is 11.8 Å². The average molecular weight is 255 g/mol. The minimum absolute atomic E-state index is 0.573. The molecule has 3 atom stereocenters. The fourth-order valence-corrected chi connectivity index (χ4v) is 3.60. The molecule has 0 aliphatic carbocycles. The molecule has 2 rings (SSSR count). The Morgan fingerprint density at radius 3 is 3.00 bits per heavy atom. The van der Waals surface area contributed by atoms with Crippen LogP contribution in [0, 0.1) is 11.8 Å². The quantitative estimate of drug-likeness (QED) is 0.818. The largest absolute Gasteiger partial charge is 0.362 e. The zero-order chi connectivity index (χ0) is 12.3. The van der Waals surface area contributed by atoms with E-state index in [4.69, 9.17) is 4.99 Å². The van der Waals surface area contributed by atoms with E-state index in [0.717, 1.165) is 18.4 Å². The van der Waals surface area contributed by atoms with Gasteiger partial charge in [-0.1, -0.05) is 18.7 Å². The molecule has 0 aromatic carbocycles. The van der Waals surface area contributed by atoms with Crippen molar-refractivity contribution in [2.24, 2.45) is 16.8 Å². The van der Waals surface area contributed by atoms with Crippen LogP contribution in [0.3, 0.4) is 0 Å². The van der Waals surface area contributed by atoms with Crippen LogP contribution in [0.5, 0.6) is 0 Å². The molecule has 0 saturated carbocycles. The SMILES string of the molecule is CC1CSC(=NCC2CCCN(C)C2)NC1C. The minimum atomic E-state index is 0.573. The average Bonchev–Trinajstić information content (AvgIpc) is 2.31. The van der Waals surface area contributed by atoms with Gasteiger partial charge in [-0.25, -0.2) is 0 Å². The van der Waals surface area contributed by atoms with E-state index in [2.05, 4.69) is 31.1 Å². The van der Waals surface area contributed by atoms with Gasteiger partial charge in [0.25, 0.3) is 0 Å². The van der Waals surface area contributed by atoms with E-state index in [0.29, 0.717) is 6.04 Å². The summed E-state index contributed by atoms with van der Waals surface area (Å²) >= 11 is 1.89. The predicted octanol–water partition coefficient (Wildman–Crippen LogP) is 2.05. The maximum absolute atomic E-state index is 4.77. The van der Waals surface area contributed by atoms with Crippen LogP contribution in [0.25, 0.3) is 0 Å². The standard InChI is InChI=1S/C13H25N3S/c1-10-9-17-13(15-11(10)2)14-7-12-5-4-6-16(3)8-12/h10-12H,4-9H2,1-3H3,(H,14,15). The van der Waals surface area contributed by atoms with Crippen molar-refractivity contribution < 1.29 is 0 Å². The molecular formula is C13H25N3S. The summed E-state index contributed by atoms with van der Waals surface area (Å²) in [5, 5.41) is 4.69. The molecule has 2 fully saturated rings. The van der Waals surface area contributed by atoms with Crippen LogP contribution >= 0.6 is 11.8 Å². The molecule has 0 radical (unpaired) electrons. The molecule has 2 heterocycles. The van der Waals surface area contributed by atoms with Gasteiger partial charge >= 0.3 is 0 Å². The Kier molecular flexibility index (Phi) is 4.74. The molecule has 98 valence electrons. The molecule has 0 aromatic heterocycles.